The van der Waals surface area contributed by atoms with E-state index in [9.17, 15) is 18.0 Å². The van der Waals surface area contributed by atoms with E-state index < -0.39 is 10.0 Å². The molecular weight excluding hydrogens is 340 g/mol. The Morgan fingerprint density at radius 2 is 1.84 bits per heavy atom. The molecule has 2 aromatic carbocycles. The number of carbonyl (C=O) groups is 2. The van der Waals surface area contributed by atoms with Crippen LogP contribution in [-0.2, 0) is 14.8 Å². The number of hydrogen-bond acceptors (Lipinski definition) is 4. The number of carbonyl (C=O) groups excluding carboxylic acids is 2. The summed E-state index contributed by atoms with van der Waals surface area (Å²) in [5, 5.41) is 0. The van der Waals surface area contributed by atoms with Gasteiger partial charge in [0.25, 0.3) is 10.0 Å². The first-order valence-electron chi connectivity index (χ1n) is 7.91. The molecule has 1 aliphatic heterocycles. The van der Waals surface area contributed by atoms with Crippen LogP contribution in [0.3, 0.4) is 0 Å². The highest BCUT2D eigenvalue weighted by atomic mass is 32.2. The monoisotopic (exact) mass is 358 g/mol. The highest BCUT2D eigenvalue weighted by Gasteiger charge is 2.22. The molecule has 2 aromatic rings. The van der Waals surface area contributed by atoms with Crippen molar-refractivity contribution in [2.45, 2.75) is 24.7 Å². The molecule has 1 fully saturated rings. The predicted octanol–water partition coefficient (Wildman–Crippen LogP) is 2.82. The highest BCUT2D eigenvalue weighted by molar-refractivity contribution is 7.92. The summed E-state index contributed by atoms with van der Waals surface area (Å²) in [6.45, 7) is 2.08. The lowest BCUT2D eigenvalue weighted by molar-refractivity contribution is -0.117. The van der Waals surface area contributed by atoms with E-state index in [2.05, 4.69) is 4.72 Å². The van der Waals surface area contributed by atoms with Crippen molar-refractivity contribution < 1.29 is 18.0 Å². The van der Waals surface area contributed by atoms with Gasteiger partial charge in [0, 0.05) is 29.9 Å². The van der Waals surface area contributed by atoms with Gasteiger partial charge in [-0.25, -0.2) is 8.42 Å². The van der Waals surface area contributed by atoms with Gasteiger partial charge in [0.05, 0.1) is 4.90 Å². The van der Waals surface area contributed by atoms with Crippen molar-refractivity contribution in [2.24, 2.45) is 0 Å². The van der Waals surface area contributed by atoms with E-state index in [0.717, 1.165) is 6.42 Å². The second-order valence-electron chi connectivity index (χ2n) is 5.89. The third kappa shape index (κ3) is 3.71. The fourth-order valence-electron chi connectivity index (χ4n) is 2.74. The first kappa shape index (κ1) is 17.2. The van der Waals surface area contributed by atoms with Gasteiger partial charge in [-0.15, -0.1) is 0 Å². The quantitative estimate of drug-likeness (QED) is 0.833. The maximum Gasteiger partial charge on any atom is 0.261 e. The number of amides is 1. The molecule has 0 unspecified atom stereocenters. The van der Waals surface area contributed by atoms with Crippen LogP contribution in [0, 0.1) is 0 Å². The Balaban J connectivity index is 1.81. The van der Waals surface area contributed by atoms with Crippen LogP contribution in [0.25, 0.3) is 0 Å². The first-order chi connectivity index (χ1) is 11.9. The van der Waals surface area contributed by atoms with E-state index in [1.807, 2.05) is 0 Å². The number of benzene rings is 2. The molecule has 0 aromatic heterocycles. The van der Waals surface area contributed by atoms with Crippen molar-refractivity contribution in [1.29, 1.82) is 0 Å². The minimum absolute atomic E-state index is 0.0507. The van der Waals surface area contributed by atoms with Crippen LogP contribution in [0.1, 0.15) is 30.1 Å². The highest BCUT2D eigenvalue weighted by Crippen LogP contribution is 2.24. The first-order valence-corrected chi connectivity index (χ1v) is 9.39. The maximum atomic E-state index is 12.5. The van der Waals surface area contributed by atoms with Crippen molar-refractivity contribution in [3.63, 3.8) is 0 Å². The molecule has 1 saturated heterocycles. The molecule has 0 atom stereocenters. The van der Waals surface area contributed by atoms with Gasteiger partial charge in [0.15, 0.2) is 5.78 Å². The maximum absolute atomic E-state index is 12.5. The molecule has 0 spiro atoms. The van der Waals surface area contributed by atoms with Gasteiger partial charge in [-0.3, -0.25) is 14.3 Å². The summed E-state index contributed by atoms with van der Waals surface area (Å²) >= 11 is 0. The molecule has 1 heterocycles. The Hall–Kier alpha value is -2.67. The molecular formula is C18H18N2O4S. The van der Waals surface area contributed by atoms with Crippen molar-refractivity contribution >= 4 is 33.1 Å². The van der Waals surface area contributed by atoms with Crippen LogP contribution in [0.5, 0.6) is 0 Å². The summed E-state index contributed by atoms with van der Waals surface area (Å²) < 4.78 is 27.5. The van der Waals surface area contributed by atoms with E-state index in [-0.39, 0.29) is 16.6 Å². The Morgan fingerprint density at radius 1 is 1.12 bits per heavy atom. The summed E-state index contributed by atoms with van der Waals surface area (Å²) in [5.41, 5.74) is 1.45. The zero-order valence-electron chi connectivity index (χ0n) is 13.7. The molecule has 0 bridgehead atoms. The van der Waals surface area contributed by atoms with E-state index in [1.54, 1.807) is 35.2 Å². The van der Waals surface area contributed by atoms with Gasteiger partial charge < -0.3 is 4.90 Å². The molecule has 1 amide bonds. The zero-order valence-corrected chi connectivity index (χ0v) is 14.5. The molecule has 0 radical (unpaired) electrons. The number of ketones is 1. The third-order valence-electron chi connectivity index (χ3n) is 4.05. The summed E-state index contributed by atoms with van der Waals surface area (Å²) in [6.07, 6.45) is 1.33. The van der Waals surface area contributed by atoms with Crippen molar-refractivity contribution in [3.8, 4) is 0 Å². The van der Waals surface area contributed by atoms with Gasteiger partial charge in [-0.1, -0.05) is 12.1 Å². The van der Waals surface area contributed by atoms with Gasteiger partial charge in [-0.2, -0.15) is 0 Å². The van der Waals surface area contributed by atoms with Gasteiger partial charge in [0.1, 0.15) is 0 Å². The lowest BCUT2D eigenvalue weighted by Gasteiger charge is -2.16. The Bertz CT molecular complexity index is 920. The minimum Gasteiger partial charge on any atom is -0.312 e. The third-order valence-corrected chi connectivity index (χ3v) is 5.45. The van der Waals surface area contributed by atoms with E-state index in [0.29, 0.717) is 29.9 Å². The molecule has 6 nitrogen and oxygen atoms in total. The smallest absolute Gasteiger partial charge is 0.261 e. The standard InChI is InChI=1S/C18H18N2O4S/c1-13(21)14-4-2-5-15(12-14)19-25(23,24)17-9-7-16(8-10-17)20-11-3-6-18(20)22/h2,4-5,7-10,12,19H,3,6,11H2,1H3. The number of Topliss-reactive ketones (excluding diaryl/α,β-unsaturated/α-hetero) is 1. The van der Waals surface area contributed by atoms with E-state index >= 15 is 0 Å². The average Bonchev–Trinajstić information content (AvgIpc) is 3.01. The molecule has 7 heteroatoms. The van der Waals surface area contributed by atoms with Crippen LogP contribution in [0.15, 0.2) is 53.4 Å². The number of anilines is 2. The van der Waals surface area contributed by atoms with Gasteiger partial charge >= 0.3 is 0 Å². The molecule has 1 N–H and O–H groups in total. The Labute approximate surface area is 146 Å². The van der Waals surface area contributed by atoms with Gasteiger partial charge in [0.2, 0.25) is 5.91 Å². The number of nitrogens with zero attached hydrogens (tertiary/aromatic N) is 1. The fourth-order valence-corrected chi connectivity index (χ4v) is 3.79. The summed E-state index contributed by atoms with van der Waals surface area (Å²) in [7, 11) is -3.77. The minimum atomic E-state index is -3.77. The van der Waals surface area contributed by atoms with Crippen LogP contribution in [0.4, 0.5) is 11.4 Å². The van der Waals surface area contributed by atoms with Crippen molar-refractivity contribution in [3.05, 3.63) is 54.1 Å². The van der Waals surface area contributed by atoms with E-state index in [4.69, 9.17) is 0 Å². The molecule has 130 valence electrons. The van der Waals surface area contributed by atoms with Crippen molar-refractivity contribution in [1.82, 2.24) is 0 Å². The zero-order chi connectivity index (χ0) is 18.0. The Morgan fingerprint density at radius 3 is 2.44 bits per heavy atom. The van der Waals surface area contributed by atoms with E-state index in [1.165, 1.54) is 25.1 Å². The summed E-state index contributed by atoms with van der Waals surface area (Å²) in [5.74, 6) is -0.0875. The topological polar surface area (TPSA) is 83.6 Å². The number of nitrogens with one attached hydrogen (secondary N) is 1. The molecule has 3 rings (SSSR count). The van der Waals surface area contributed by atoms with Crippen molar-refractivity contribution in [2.75, 3.05) is 16.2 Å². The fraction of sp³-hybridized carbons (Fsp3) is 0.222. The molecule has 0 aliphatic carbocycles. The number of hydrogen-bond donors (Lipinski definition) is 1. The predicted molar refractivity (Wildman–Crippen MR) is 95.3 cm³/mol. The largest absolute Gasteiger partial charge is 0.312 e. The summed E-state index contributed by atoms with van der Waals surface area (Å²) in [6, 6.07) is 12.5. The lowest BCUT2D eigenvalue weighted by Crippen LogP contribution is -2.23. The Kier molecular flexibility index (Phi) is 4.59. The molecule has 0 saturated carbocycles. The molecule has 25 heavy (non-hydrogen) atoms. The SMILES string of the molecule is CC(=O)c1cccc(NS(=O)(=O)c2ccc(N3CCCC3=O)cc2)c1. The second-order valence-corrected chi connectivity index (χ2v) is 7.57. The second kappa shape index (κ2) is 6.68. The van der Waals surface area contributed by atoms with Crippen LogP contribution >= 0.6 is 0 Å². The normalized spacial score (nSPS) is 14.6. The average molecular weight is 358 g/mol. The lowest BCUT2D eigenvalue weighted by atomic mass is 10.1. The van der Waals surface area contributed by atoms with Crippen LogP contribution < -0.4 is 9.62 Å². The number of sulfonamides is 1. The molecule has 1 aliphatic rings. The van der Waals surface area contributed by atoms with Crippen LogP contribution in [0.2, 0.25) is 0 Å². The van der Waals surface area contributed by atoms with Crippen LogP contribution in [-0.4, -0.2) is 26.7 Å². The van der Waals surface area contributed by atoms with Gasteiger partial charge in [-0.05, 0) is 49.7 Å². The number of rotatable bonds is 5. The summed E-state index contributed by atoms with van der Waals surface area (Å²) in [4.78, 5) is 24.9.